The zero-order chi connectivity index (χ0) is 16.2. The molecule has 0 unspecified atom stereocenters. The van der Waals surface area contributed by atoms with Crippen molar-refractivity contribution in [2.75, 3.05) is 0 Å². The number of amidine groups is 1. The predicted molar refractivity (Wildman–Crippen MR) is 89.6 cm³/mol. The third kappa shape index (κ3) is 3.44. The second kappa shape index (κ2) is 6.41. The molecule has 2 aromatic rings. The Morgan fingerprint density at radius 3 is 2.35 bits per heavy atom. The van der Waals surface area contributed by atoms with Gasteiger partial charge in [-0.15, -0.1) is 15.3 Å². The maximum Gasteiger partial charge on any atom is 0.205 e. The van der Waals surface area contributed by atoms with Crippen molar-refractivity contribution in [2.45, 2.75) is 0 Å². The van der Waals surface area contributed by atoms with Crippen molar-refractivity contribution in [2.24, 2.45) is 20.4 Å². The summed E-state index contributed by atoms with van der Waals surface area (Å²) < 4.78 is 0. The first-order valence-corrected chi connectivity index (χ1v) is 7.02. The molecule has 0 fully saturated rings. The largest absolute Gasteiger partial charge is 0.505 e. The zero-order valence-corrected chi connectivity index (χ0v) is 12.5. The fourth-order valence-electron chi connectivity index (χ4n) is 1.90. The molecule has 1 heterocycles. The minimum absolute atomic E-state index is 0.0204. The van der Waals surface area contributed by atoms with Crippen LogP contribution in [0.1, 0.15) is 5.56 Å². The molecule has 0 bridgehead atoms. The topological polar surface area (TPSA) is 89.9 Å². The molecule has 2 N–H and O–H groups in total. The highest BCUT2D eigenvalue weighted by Crippen LogP contribution is 2.35. The van der Waals surface area contributed by atoms with Gasteiger partial charge in [-0.1, -0.05) is 29.8 Å². The van der Waals surface area contributed by atoms with Crippen molar-refractivity contribution in [3.05, 3.63) is 58.6 Å². The van der Waals surface area contributed by atoms with E-state index in [4.69, 9.17) is 11.6 Å². The van der Waals surface area contributed by atoms with E-state index in [0.29, 0.717) is 10.6 Å². The molecule has 0 radical (unpaired) electrons. The van der Waals surface area contributed by atoms with Crippen LogP contribution in [-0.4, -0.2) is 22.3 Å². The van der Waals surface area contributed by atoms with E-state index in [-0.39, 0.29) is 23.0 Å². The Kier molecular flexibility index (Phi) is 4.16. The number of phenols is 2. The van der Waals surface area contributed by atoms with Crippen LogP contribution in [0, 0.1) is 0 Å². The van der Waals surface area contributed by atoms with Crippen molar-refractivity contribution in [3.63, 3.8) is 0 Å². The standard InChI is InChI=1S/C16H11ClN4O2/c17-12-6-4-10(5-7-12)8-11-9-18-20-16(11)21-19-15-13(22)2-1-3-14(15)23/h1-9,22-23H/b11-8+,21-19?. The molecule has 23 heavy (non-hydrogen) atoms. The summed E-state index contributed by atoms with van der Waals surface area (Å²) in [7, 11) is 0. The molecule has 7 heteroatoms. The lowest BCUT2D eigenvalue weighted by Crippen LogP contribution is -1.94. The lowest BCUT2D eigenvalue weighted by molar-refractivity contribution is 0.453. The van der Waals surface area contributed by atoms with Crippen LogP contribution >= 0.6 is 11.6 Å². The van der Waals surface area contributed by atoms with Crippen LogP contribution < -0.4 is 0 Å². The fraction of sp³-hybridized carbons (Fsp3) is 0. The van der Waals surface area contributed by atoms with Gasteiger partial charge < -0.3 is 10.2 Å². The minimum atomic E-state index is -0.170. The van der Waals surface area contributed by atoms with Gasteiger partial charge in [0.2, 0.25) is 5.84 Å². The lowest BCUT2D eigenvalue weighted by atomic mass is 10.1. The van der Waals surface area contributed by atoms with Crippen LogP contribution in [0.3, 0.4) is 0 Å². The third-order valence-corrected chi connectivity index (χ3v) is 3.29. The SMILES string of the molecule is Oc1cccc(O)c1N=NC1=NN=C/C1=C\c1ccc(Cl)cc1. The Labute approximate surface area is 136 Å². The highest BCUT2D eigenvalue weighted by Gasteiger charge is 2.11. The van der Waals surface area contributed by atoms with E-state index < -0.39 is 0 Å². The third-order valence-electron chi connectivity index (χ3n) is 3.04. The first kappa shape index (κ1) is 14.9. The minimum Gasteiger partial charge on any atom is -0.505 e. The molecule has 0 aliphatic carbocycles. The van der Waals surface area contributed by atoms with Crippen molar-refractivity contribution >= 4 is 35.4 Å². The van der Waals surface area contributed by atoms with Crippen LogP contribution in [0.25, 0.3) is 6.08 Å². The number of hydrogen-bond donors (Lipinski definition) is 2. The smallest absolute Gasteiger partial charge is 0.205 e. The van der Waals surface area contributed by atoms with Crippen LogP contribution in [0.4, 0.5) is 5.69 Å². The molecule has 0 spiro atoms. The number of benzene rings is 2. The molecule has 1 aliphatic heterocycles. The maximum atomic E-state index is 9.68. The molecule has 3 rings (SSSR count). The molecule has 114 valence electrons. The Morgan fingerprint density at radius 1 is 0.957 bits per heavy atom. The Morgan fingerprint density at radius 2 is 1.65 bits per heavy atom. The van der Waals surface area contributed by atoms with E-state index >= 15 is 0 Å². The highest BCUT2D eigenvalue weighted by molar-refractivity contribution is 6.30. The van der Waals surface area contributed by atoms with Crippen LogP contribution in [0.15, 0.2) is 68.5 Å². The summed E-state index contributed by atoms with van der Waals surface area (Å²) in [5.74, 6) is -0.0596. The second-order valence-corrected chi connectivity index (χ2v) is 5.10. The van der Waals surface area contributed by atoms with Gasteiger partial charge in [0.15, 0.2) is 5.69 Å². The Hall–Kier alpha value is -2.99. The van der Waals surface area contributed by atoms with Gasteiger partial charge in [-0.3, -0.25) is 0 Å². The predicted octanol–water partition coefficient (Wildman–Crippen LogP) is 4.32. The van der Waals surface area contributed by atoms with E-state index in [9.17, 15) is 10.2 Å². The van der Waals surface area contributed by atoms with Crippen molar-refractivity contribution < 1.29 is 10.2 Å². The summed E-state index contributed by atoms with van der Waals surface area (Å²) in [5.41, 5.74) is 1.55. The summed E-state index contributed by atoms with van der Waals surface area (Å²) in [5, 5.41) is 35.5. The average molecular weight is 327 g/mol. The van der Waals surface area contributed by atoms with Crippen molar-refractivity contribution in [1.29, 1.82) is 0 Å². The van der Waals surface area contributed by atoms with Gasteiger partial charge in [-0.2, -0.15) is 5.10 Å². The van der Waals surface area contributed by atoms with Gasteiger partial charge in [-0.25, -0.2) is 0 Å². The number of halogens is 1. The molecule has 0 amide bonds. The van der Waals surface area contributed by atoms with E-state index in [1.54, 1.807) is 18.3 Å². The number of nitrogens with zero attached hydrogens (tertiary/aromatic N) is 4. The molecule has 0 atom stereocenters. The van der Waals surface area contributed by atoms with Crippen LogP contribution in [0.5, 0.6) is 11.5 Å². The molecule has 1 aliphatic rings. The number of rotatable bonds is 2. The van der Waals surface area contributed by atoms with Crippen molar-refractivity contribution in [3.8, 4) is 11.5 Å². The molecule has 6 nitrogen and oxygen atoms in total. The Bertz CT molecular complexity index is 835. The lowest BCUT2D eigenvalue weighted by Gasteiger charge is -2.00. The fourth-order valence-corrected chi connectivity index (χ4v) is 2.02. The number of azo groups is 1. The first-order chi connectivity index (χ1) is 11.1. The Balaban J connectivity index is 1.86. The first-order valence-electron chi connectivity index (χ1n) is 6.65. The van der Waals surface area contributed by atoms with E-state index in [0.717, 1.165) is 5.56 Å². The van der Waals surface area contributed by atoms with Gasteiger partial charge in [-0.05, 0) is 35.9 Å². The van der Waals surface area contributed by atoms with Crippen molar-refractivity contribution in [1.82, 2.24) is 0 Å². The van der Waals surface area contributed by atoms with Gasteiger partial charge in [0, 0.05) is 10.6 Å². The summed E-state index contributed by atoms with van der Waals surface area (Å²) in [4.78, 5) is 0. The quantitative estimate of drug-likeness (QED) is 0.805. The molecule has 0 saturated carbocycles. The maximum absolute atomic E-state index is 9.68. The summed E-state index contributed by atoms with van der Waals surface area (Å²) >= 11 is 5.85. The van der Waals surface area contributed by atoms with E-state index in [1.807, 2.05) is 18.2 Å². The van der Waals surface area contributed by atoms with Crippen LogP contribution in [-0.2, 0) is 0 Å². The van der Waals surface area contributed by atoms with Gasteiger partial charge in [0.25, 0.3) is 0 Å². The summed E-state index contributed by atoms with van der Waals surface area (Å²) in [6, 6.07) is 11.6. The second-order valence-electron chi connectivity index (χ2n) is 4.66. The van der Waals surface area contributed by atoms with Crippen LogP contribution in [0.2, 0.25) is 5.02 Å². The molecular weight excluding hydrogens is 316 g/mol. The summed E-state index contributed by atoms with van der Waals surface area (Å²) in [6.07, 6.45) is 3.38. The molecular formula is C16H11ClN4O2. The zero-order valence-electron chi connectivity index (χ0n) is 11.8. The molecule has 0 saturated heterocycles. The molecule has 2 aromatic carbocycles. The van der Waals surface area contributed by atoms with E-state index in [1.165, 1.54) is 18.2 Å². The number of phenolic OH excluding ortho intramolecular Hbond substituents is 2. The number of aromatic hydroxyl groups is 2. The molecule has 0 aromatic heterocycles. The number of hydrogen-bond acceptors (Lipinski definition) is 6. The van der Waals surface area contributed by atoms with Gasteiger partial charge in [0.1, 0.15) is 11.5 Å². The average Bonchev–Trinajstić information content (AvgIpc) is 2.96. The van der Waals surface area contributed by atoms with Gasteiger partial charge in [0.05, 0.1) is 6.21 Å². The normalized spacial score (nSPS) is 15.5. The van der Waals surface area contributed by atoms with E-state index in [2.05, 4.69) is 20.4 Å². The van der Waals surface area contributed by atoms with Gasteiger partial charge >= 0.3 is 0 Å². The summed E-state index contributed by atoms with van der Waals surface area (Å²) in [6.45, 7) is 0. The monoisotopic (exact) mass is 326 g/mol. The highest BCUT2D eigenvalue weighted by atomic mass is 35.5.